The van der Waals surface area contributed by atoms with Crippen LogP contribution in [0, 0.1) is 0 Å². The summed E-state index contributed by atoms with van der Waals surface area (Å²) < 4.78 is 9.82. The predicted octanol–water partition coefficient (Wildman–Crippen LogP) is 1.49. The molecular weight excluding hydrogens is 234 g/mol. The number of nitrogens with one attached hydrogen (secondary N) is 1. The molecule has 18 heavy (non-hydrogen) atoms. The maximum atomic E-state index is 11.6. The highest BCUT2D eigenvalue weighted by atomic mass is 16.5. The van der Waals surface area contributed by atoms with Crippen molar-refractivity contribution in [2.75, 3.05) is 26.1 Å². The Bertz CT molecular complexity index is 379. The Labute approximate surface area is 107 Å². The van der Waals surface area contributed by atoms with Gasteiger partial charge in [-0.1, -0.05) is 13.3 Å². The van der Waals surface area contributed by atoms with Crippen LogP contribution in [0.2, 0.25) is 0 Å². The number of hydrogen-bond donors (Lipinski definition) is 1. The minimum atomic E-state index is -0.453. The van der Waals surface area contributed by atoms with Crippen molar-refractivity contribution in [3.05, 3.63) is 18.1 Å². The first-order valence-corrected chi connectivity index (χ1v) is 5.86. The third-order valence-corrected chi connectivity index (χ3v) is 2.46. The number of rotatable bonds is 7. The van der Waals surface area contributed by atoms with E-state index in [1.165, 1.54) is 19.6 Å². The second-order valence-electron chi connectivity index (χ2n) is 3.86. The van der Waals surface area contributed by atoms with Gasteiger partial charge in [-0.3, -0.25) is 0 Å². The molecule has 1 aromatic heterocycles. The molecule has 0 aromatic carbocycles. The molecule has 0 aliphatic rings. The summed E-state index contributed by atoms with van der Waals surface area (Å²) in [5.41, 5.74) is 0.331. The number of carbonyl (C=O) groups excluding carboxylic acids is 1. The second kappa shape index (κ2) is 7.60. The van der Waals surface area contributed by atoms with Gasteiger partial charge < -0.3 is 14.8 Å². The summed E-state index contributed by atoms with van der Waals surface area (Å²) in [7, 11) is 2.98. The number of nitrogens with zero attached hydrogens (tertiary/aromatic N) is 2. The van der Waals surface area contributed by atoms with E-state index in [-0.39, 0.29) is 6.04 Å². The molecule has 0 spiro atoms. The van der Waals surface area contributed by atoms with Crippen LogP contribution in [0.1, 0.15) is 30.1 Å². The first-order chi connectivity index (χ1) is 8.72. The molecule has 1 atom stereocenters. The number of aromatic nitrogens is 2. The number of esters is 1. The lowest BCUT2D eigenvalue weighted by Crippen LogP contribution is -2.26. The lowest BCUT2D eigenvalue weighted by atomic mass is 10.1. The Morgan fingerprint density at radius 3 is 2.89 bits per heavy atom. The fraction of sp³-hybridized carbons (Fsp3) is 0.583. The first kappa shape index (κ1) is 14.4. The highest BCUT2D eigenvalue weighted by molar-refractivity contribution is 5.94. The molecule has 0 aliphatic heterocycles. The van der Waals surface area contributed by atoms with Crippen molar-refractivity contribution in [2.24, 2.45) is 0 Å². The van der Waals surface area contributed by atoms with E-state index in [0.29, 0.717) is 18.0 Å². The van der Waals surface area contributed by atoms with Gasteiger partial charge in [-0.2, -0.15) is 0 Å². The van der Waals surface area contributed by atoms with Crippen molar-refractivity contribution in [3.8, 4) is 0 Å². The predicted molar refractivity (Wildman–Crippen MR) is 67.6 cm³/mol. The summed E-state index contributed by atoms with van der Waals surface area (Å²) in [4.78, 5) is 19.5. The Hall–Kier alpha value is -1.69. The van der Waals surface area contributed by atoms with Crippen molar-refractivity contribution < 1.29 is 14.3 Å². The lowest BCUT2D eigenvalue weighted by Gasteiger charge is -2.18. The molecule has 0 amide bonds. The smallest absolute Gasteiger partial charge is 0.343 e. The molecule has 0 radical (unpaired) electrons. The molecule has 0 saturated carbocycles. The summed E-state index contributed by atoms with van der Waals surface area (Å²) in [6.45, 7) is 2.64. The molecule has 1 unspecified atom stereocenters. The van der Waals surface area contributed by atoms with Gasteiger partial charge in [0.25, 0.3) is 0 Å². The van der Waals surface area contributed by atoms with Gasteiger partial charge in [0.05, 0.1) is 19.8 Å². The quantitative estimate of drug-likeness (QED) is 0.742. The Kier molecular flexibility index (Phi) is 6.07. The van der Waals surface area contributed by atoms with E-state index in [1.54, 1.807) is 7.11 Å². The zero-order chi connectivity index (χ0) is 13.4. The van der Waals surface area contributed by atoms with E-state index < -0.39 is 5.97 Å². The van der Waals surface area contributed by atoms with Gasteiger partial charge in [0.2, 0.25) is 0 Å². The summed E-state index contributed by atoms with van der Waals surface area (Å²) in [5, 5.41) is 3.19. The number of hydrogen-bond acceptors (Lipinski definition) is 6. The van der Waals surface area contributed by atoms with Crippen LogP contribution >= 0.6 is 0 Å². The van der Waals surface area contributed by atoms with Crippen molar-refractivity contribution in [1.29, 1.82) is 0 Å². The average molecular weight is 253 g/mol. The molecule has 0 saturated heterocycles. The Morgan fingerprint density at radius 1 is 1.50 bits per heavy atom. The van der Waals surface area contributed by atoms with Crippen LogP contribution in [0.25, 0.3) is 0 Å². The molecule has 100 valence electrons. The Balaban J connectivity index is 2.84. The Morgan fingerprint density at radius 2 is 2.28 bits per heavy atom. The minimum absolute atomic E-state index is 0.110. The molecule has 6 nitrogen and oxygen atoms in total. The SMILES string of the molecule is CCCC(COC)Nc1ncncc1C(=O)OC. The molecule has 1 aromatic rings. The monoisotopic (exact) mass is 253 g/mol. The van der Waals surface area contributed by atoms with E-state index in [0.717, 1.165) is 12.8 Å². The first-order valence-electron chi connectivity index (χ1n) is 5.86. The average Bonchev–Trinajstić information content (AvgIpc) is 2.39. The van der Waals surface area contributed by atoms with Crippen LogP contribution in [-0.4, -0.2) is 42.8 Å². The lowest BCUT2D eigenvalue weighted by molar-refractivity contribution is 0.0600. The standard InChI is InChI=1S/C12H19N3O3/c1-4-5-9(7-17-2)15-11-10(12(16)18-3)6-13-8-14-11/h6,8-9H,4-5,7H2,1-3H3,(H,13,14,15). The fourth-order valence-electron chi connectivity index (χ4n) is 1.64. The third kappa shape index (κ3) is 3.96. The maximum Gasteiger partial charge on any atom is 0.343 e. The highest BCUT2D eigenvalue weighted by Gasteiger charge is 2.16. The van der Waals surface area contributed by atoms with E-state index in [1.807, 2.05) is 0 Å². The fourth-order valence-corrected chi connectivity index (χ4v) is 1.64. The molecule has 0 aliphatic carbocycles. The zero-order valence-corrected chi connectivity index (χ0v) is 11.0. The maximum absolute atomic E-state index is 11.6. The van der Waals surface area contributed by atoms with Crippen LogP contribution in [0.5, 0.6) is 0 Å². The molecular formula is C12H19N3O3. The summed E-state index contributed by atoms with van der Waals surface area (Å²) in [6, 6.07) is 0.110. The van der Waals surface area contributed by atoms with E-state index in [2.05, 4.69) is 26.9 Å². The van der Waals surface area contributed by atoms with Crippen molar-refractivity contribution >= 4 is 11.8 Å². The minimum Gasteiger partial charge on any atom is -0.465 e. The molecule has 1 rings (SSSR count). The van der Waals surface area contributed by atoms with Gasteiger partial charge in [-0.05, 0) is 6.42 Å². The number of carbonyl (C=O) groups is 1. The summed E-state index contributed by atoms with van der Waals surface area (Å²) in [6.07, 6.45) is 4.78. The van der Waals surface area contributed by atoms with E-state index >= 15 is 0 Å². The summed E-state index contributed by atoms with van der Waals surface area (Å²) in [5.74, 6) is 0.0260. The van der Waals surface area contributed by atoms with Crippen LogP contribution in [0.15, 0.2) is 12.5 Å². The van der Waals surface area contributed by atoms with Crippen molar-refractivity contribution in [2.45, 2.75) is 25.8 Å². The molecule has 6 heteroatoms. The zero-order valence-electron chi connectivity index (χ0n) is 11.0. The largest absolute Gasteiger partial charge is 0.465 e. The molecule has 1 N–H and O–H groups in total. The van der Waals surface area contributed by atoms with Gasteiger partial charge >= 0.3 is 5.97 Å². The molecule has 0 bridgehead atoms. The second-order valence-corrected chi connectivity index (χ2v) is 3.86. The van der Waals surface area contributed by atoms with E-state index in [4.69, 9.17) is 4.74 Å². The van der Waals surface area contributed by atoms with Crippen molar-refractivity contribution in [1.82, 2.24) is 9.97 Å². The summed E-state index contributed by atoms with van der Waals surface area (Å²) >= 11 is 0. The van der Waals surface area contributed by atoms with Gasteiger partial charge in [0, 0.05) is 13.3 Å². The topological polar surface area (TPSA) is 73.3 Å². The normalized spacial score (nSPS) is 11.9. The van der Waals surface area contributed by atoms with E-state index in [9.17, 15) is 4.79 Å². The van der Waals surface area contributed by atoms with Gasteiger partial charge in [0.15, 0.2) is 0 Å². The van der Waals surface area contributed by atoms with Crippen molar-refractivity contribution in [3.63, 3.8) is 0 Å². The highest BCUT2D eigenvalue weighted by Crippen LogP contribution is 2.14. The van der Waals surface area contributed by atoms with Crippen LogP contribution in [-0.2, 0) is 9.47 Å². The molecule has 1 heterocycles. The van der Waals surface area contributed by atoms with Gasteiger partial charge in [-0.25, -0.2) is 14.8 Å². The number of ether oxygens (including phenoxy) is 2. The number of anilines is 1. The third-order valence-electron chi connectivity index (χ3n) is 2.46. The molecule has 0 fully saturated rings. The van der Waals surface area contributed by atoms with Gasteiger partial charge in [-0.15, -0.1) is 0 Å². The van der Waals surface area contributed by atoms with Crippen LogP contribution < -0.4 is 5.32 Å². The number of methoxy groups -OCH3 is 2. The van der Waals surface area contributed by atoms with Crippen LogP contribution in [0.3, 0.4) is 0 Å². The van der Waals surface area contributed by atoms with Crippen LogP contribution in [0.4, 0.5) is 5.82 Å². The van der Waals surface area contributed by atoms with Gasteiger partial charge in [0.1, 0.15) is 17.7 Å².